The van der Waals surface area contributed by atoms with Crippen LogP contribution in [0.3, 0.4) is 0 Å². The minimum atomic E-state index is -2.88. The Kier molecular flexibility index (Phi) is 7.09. The fourth-order valence-corrected chi connectivity index (χ4v) is 2.65. The van der Waals surface area contributed by atoms with E-state index in [2.05, 4.69) is 41.2 Å². The molecular weight excluding hydrogens is 338 g/mol. The van der Waals surface area contributed by atoms with E-state index in [9.17, 15) is 13.6 Å². The summed E-state index contributed by atoms with van der Waals surface area (Å²) in [7, 11) is 3.92. The first-order valence-electron chi connectivity index (χ1n) is 8.49. The summed E-state index contributed by atoms with van der Waals surface area (Å²) in [5.74, 6) is -0.232. The molecule has 1 atom stereocenters. The molecule has 0 aliphatic rings. The zero-order valence-corrected chi connectivity index (χ0v) is 15.2. The second kappa shape index (κ2) is 9.29. The average molecular weight is 362 g/mol. The van der Waals surface area contributed by atoms with Crippen molar-refractivity contribution in [3.05, 3.63) is 65.2 Å². The molecule has 4 nitrogen and oxygen atoms in total. The van der Waals surface area contributed by atoms with Gasteiger partial charge in [0.1, 0.15) is 5.75 Å². The number of ether oxygens (including phenoxy) is 1. The number of alkyl halides is 2. The monoisotopic (exact) mass is 362 g/mol. The van der Waals surface area contributed by atoms with E-state index >= 15 is 0 Å². The quantitative estimate of drug-likeness (QED) is 0.775. The molecule has 2 aromatic rings. The first-order chi connectivity index (χ1) is 12.4. The van der Waals surface area contributed by atoms with Gasteiger partial charge in [0.05, 0.1) is 6.04 Å². The molecule has 2 aromatic carbocycles. The highest BCUT2D eigenvalue weighted by Gasteiger charge is 2.16. The van der Waals surface area contributed by atoms with E-state index in [1.807, 2.05) is 19.0 Å². The van der Waals surface area contributed by atoms with Gasteiger partial charge < -0.3 is 15.0 Å². The lowest BCUT2D eigenvalue weighted by atomic mass is 10.0. The Labute approximate surface area is 152 Å². The summed E-state index contributed by atoms with van der Waals surface area (Å²) < 4.78 is 28.6. The molecule has 0 heterocycles. The van der Waals surface area contributed by atoms with E-state index in [-0.39, 0.29) is 17.7 Å². The van der Waals surface area contributed by atoms with Gasteiger partial charge in [0.15, 0.2) is 0 Å². The third-order valence-corrected chi connectivity index (χ3v) is 4.19. The van der Waals surface area contributed by atoms with Crippen molar-refractivity contribution in [2.75, 3.05) is 20.6 Å². The van der Waals surface area contributed by atoms with Gasteiger partial charge in [-0.15, -0.1) is 0 Å². The third kappa shape index (κ3) is 5.52. The summed E-state index contributed by atoms with van der Waals surface area (Å²) in [6.07, 6.45) is 0.981. The smallest absolute Gasteiger partial charge is 0.387 e. The second-order valence-corrected chi connectivity index (χ2v) is 6.19. The Morgan fingerprint density at radius 2 is 1.69 bits per heavy atom. The maximum Gasteiger partial charge on any atom is 0.387 e. The number of amides is 1. The van der Waals surface area contributed by atoms with Crippen LogP contribution < -0.4 is 10.1 Å². The number of aryl methyl sites for hydroxylation is 1. The molecule has 140 valence electrons. The van der Waals surface area contributed by atoms with Crippen LogP contribution in [0.4, 0.5) is 8.78 Å². The van der Waals surface area contributed by atoms with Crippen molar-refractivity contribution in [2.45, 2.75) is 26.0 Å². The molecule has 1 amide bonds. The van der Waals surface area contributed by atoms with Gasteiger partial charge in [-0.3, -0.25) is 4.79 Å². The van der Waals surface area contributed by atoms with Crippen LogP contribution in [0.1, 0.15) is 34.5 Å². The number of halogens is 2. The maximum atomic E-state index is 12.3. The van der Waals surface area contributed by atoms with Crippen LogP contribution in [0.25, 0.3) is 0 Å². The number of benzene rings is 2. The molecule has 0 radical (unpaired) electrons. The highest BCUT2D eigenvalue weighted by molar-refractivity contribution is 5.94. The fourth-order valence-electron chi connectivity index (χ4n) is 2.65. The Bertz CT molecular complexity index is 701. The van der Waals surface area contributed by atoms with Gasteiger partial charge in [0, 0.05) is 12.1 Å². The van der Waals surface area contributed by atoms with Gasteiger partial charge >= 0.3 is 6.61 Å². The predicted molar refractivity (Wildman–Crippen MR) is 97.7 cm³/mol. The third-order valence-electron chi connectivity index (χ3n) is 4.19. The topological polar surface area (TPSA) is 41.6 Å². The van der Waals surface area contributed by atoms with Crippen molar-refractivity contribution < 1.29 is 18.3 Å². The van der Waals surface area contributed by atoms with Crippen molar-refractivity contribution >= 4 is 5.91 Å². The number of hydrogen-bond donors (Lipinski definition) is 1. The lowest BCUT2D eigenvalue weighted by Crippen LogP contribution is -2.34. The predicted octanol–water partition coefficient (Wildman–Crippen LogP) is 3.88. The van der Waals surface area contributed by atoms with E-state index in [0.717, 1.165) is 12.0 Å². The number of carbonyl (C=O) groups is 1. The molecule has 6 heteroatoms. The van der Waals surface area contributed by atoms with Crippen molar-refractivity contribution in [3.63, 3.8) is 0 Å². The summed E-state index contributed by atoms with van der Waals surface area (Å²) in [6, 6.07) is 14.0. The minimum absolute atomic E-state index is 0.0266. The number of hydrogen-bond acceptors (Lipinski definition) is 3. The van der Waals surface area contributed by atoms with Crippen LogP contribution in [-0.4, -0.2) is 38.1 Å². The first kappa shape index (κ1) is 19.8. The molecule has 1 unspecified atom stereocenters. The summed E-state index contributed by atoms with van der Waals surface area (Å²) >= 11 is 0. The van der Waals surface area contributed by atoms with Crippen LogP contribution in [-0.2, 0) is 6.42 Å². The lowest BCUT2D eigenvalue weighted by Gasteiger charge is -2.25. The van der Waals surface area contributed by atoms with Crippen molar-refractivity contribution in [1.29, 1.82) is 0 Å². The van der Waals surface area contributed by atoms with Gasteiger partial charge in [-0.2, -0.15) is 8.78 Å². The van der Waals surface area contributed by atoms with Crippen molar-refractivity contribution in [1.82, 2.24) is 10.2 Å². The molecule has 0 saturated heterocycles. The summed E-state index contributed by atoms with van der Waals surface area (Å²) in [4.78, 5) is 14.4. The van der Waals surface area contributed by atoms with Crippen LogP contribution in [0.5, 0.6) is 5.75 Å². The summed E-state index contributed by atoms with van der Waals surface area (Å²) in [6.45, 7) is -0.335. The molecule has 0 fully saturated rings. The molecule has 0 aliphatic heterocycles. The highest BCUT2D eigenvalue weighted by atomic mass is 19.3. The fraction of sp³-hybridized carbons (Fsp3) is 0.350. The average Bonchev–Trinajstić information content (AvgIpc) is 2.62. The summed E-state index contributed by atoms with van der Waals surface area (Å²) in [5, 5.41) is 2.90. The van der Waals surface area contributed by atoms with Crippen LogP contribution in [0.2, 0.25) is 0 Å². The Morgan fingerprint density at radius 1 is 1.08 bits per heavy atom. The molecule has 0 aliphatic carbocycles. The maximum absolute atomic E-state index is 12.3. The van der Waals surface area contributed by atoms with Crippen LogP contribution in [0, 0.1) is 0 Å². The zero-order valence-electron chi connectivity index (χ0n) is 15.2. The molecule has 0 bridgehead atoms. The molecule has 2 rings (SSSR count). The van der Waals surface area contributed by atoms with E-state index in [0.29, 0.717) is 12.1 Å². The number of rotatable bonds is 8. The van der Waals surface area contributed by atoms with Crippen LogP contribution in [0.15, 0.2) is 48.5 Å². The van der Waals surface area contributed by atoms with Gasteiger partial charge in [-0.05, 0) is 55.9 Å². The van der Waals surface area contributed by atoms with Gasteiger partial charge in [-0.1, -0.05) is 31.2 Å². The van der Waals surface area contributed by atoms with E-state index < -0.39 is 6.61 Å². The van der Waals surface area contributed by atoms with Gasteiger partial charge in [0.25, 0.3) is 5.91 Å². The van der Waals surface area contributed by atoms with Gasteiger partial charge in [-0.25, -0.2) is 0 Å². The van der Waals surface area contributed by atoms with Crippen molar-refractivity contribution in [3.8, 4) is 5.75 Å². The molecule has 1 N–H and O–H groups in total. The zero-order chi connectivity index (χ0) is 19.1. The first-order valence-corrected chi connectivity index (χ1v) is 8.49. The molecule has 0 aromatic heterocycles. The Morgan fingerprint density at radius 3 is 2.19 bits per heavy atom. The molecule has 0 spiro atoms. The SMILES string of the molecule is CCc1ccc(C(CNC(=O)c2ccc(OC(F)F)cc2)N(C)C)cc1. The normalized spacial score (nSPS) is 12.3. The molecular formula is C20H24F2N2O2. The van der Waals surface area contributed by atoms with E-state index in [4.69, 9.17) is 0 Å². The van der Waals surface area contributed by atoms with Gasteiger partial charge in [0.2, 0.25) is 0 Å². The van der Waals surface area contributed by atoms with E-state index in [1.165, 1.54) is 29.8 Å². The highest BCUT2D eigenvalue weighted by Crippen LogP contribution is 2.19. The summed E-state index contributed by atoms with van der Waals surface area (Å²) in [5.41, 5.74) is 2.78. The Hall–Kier alpha value is -2.47. The van der Waals surface area contributed by atoms with Crippen molar-refractivity contribution in [2.24, 2.45) is 0 Å². The number of nitrogens with zero attached hydrogens (tertiary/aromatic N) is 1. The minimum Gasteiger partial charge on any atom is -0.435 e. The lowest BCUT2D eigenvalue weighted by molar-refractivity contribution is -0.0498. The molecule has 26 heavy (non-hydrogen) atoms. The second-order valence-electron chi connectivity index (χ2n) is 6.19. The largest absolute Gasteiger partial charge is 0.435 e. The Balaban J connectivity index is 2.00. The standard InChI is InChI=1S/C20H24F2N2O2/c1-4-14-5-7-15(8-6-14)18(24(2)3)13-23-19(25)16-9-11-17(12-10-16)26-20(21)22/h5-12,18,20H,4,13H2,1-3H3,(H,23,25). The number of likely N-dealkylation sites (N-methyl/N-ethyl adjacent to an activating group) is 1. The van der Waals surface area contributed by atoms with E-state index in [1.54, 1.807) is 0 Å². The molecule has 0 saturated carbocycles. The number of nitrogens with one attached hydrogen (secondary N) is 1. The van der Waals surface area contributed by atoms with Crippen LogP contribution >= 0.6 is 0 Å². The number of carbonyl (C=O) groups excluding carboxylic acids is 1.